The Labute approximate surface area is 163 Å². The number of hydrogen-bond acceptors (Lipinski definition) is 4. The van der Waals surface area contributed by atoms with Gasteiger partial charge < -0.3 is 14.6 Å². The number of carboxylic acids is 1. The van der Waals surface area contributed by atoms with Gasteiger partial charge in [-0.2, -0.15) is 5.26 Å². The maximum Gasteiger partial charge on any atom is 0.341 e. The van der Waals surface area contributed by atoms with Gasteiger partial charge >= 0.3 is 5.97 Å². The molecular weight excluding hydrogens is 452 g/mol. The number of carboxylic acid groups (broad SMARTS) is 1. The van der Waals surface area contributed by atoms with Gasteiger partial charge in [-0.05, 0) is 71.0 Å². The lowest BCUT2D eigenvalue weighted by molar-refractivity contribution is -0.139. The topological polar surface area (TPSA) is 79.5 Å². The molecule has 26 heavy (non-hydrogen) atoms. The Balaban J connectivity index is 2.45. The molecule has 0 saturated heterocycles. The van der Waals surface area contributed by atoms with Crippen molar-refractivity contribution in [1.82, 2.24) is 0 Å². The van der Waals surface area contributed by atoms with Gasteiger partial charge in [0.05, 0.1) is 21.8 Å². The first kappa shape index (κ1) is 19.7. The Kier molecular flexibility index (Phi) is 6.97. The van der Waals surface area contributed by atoms with E-state index in [9.17, 15) is 14.4 Å². The van der Waals surface area contributed by atoms with E-state index in [4.69, 9.17) is 14.6 Å². The van der Waals surface area contributed by atoms with Crippen LogP contribution in [-0.2, 0) is 4.79 Å². The molecule has 2 aromatic rings. The summed E-state index contributed by atoms with van der Waals surface area (Å²) < 4.78 is 24.9. The van der Waals surface area contributed by atoms with Gasteiger partial charge in [0.2, 0.25) is 0 Å². The van der Waals surface area contributed by atoms with Gasteiger partial charge in [-0.3, -0.25) is 0 Å². The number of nitrogens with zero attached hydrogens (tertiary/aromatic N) is 1. The number of allylic oxidation sites excluding steroid dienone is 1. The van der Waals surface area contributed by atoms with Gasteiger partial charge in [0.15, 0.2) is 18.1 Å². The molecule has 2 aromatic carbocycles. The lowest BCUT2D eigenvalue weighted by atomic mass is 10.0. The minimum Gasteiger partial charge on any atom is -0.490 e. The van der Waals surface area contributed by atoms with Crippen LogP contribution in [0, 0.1) is 20.7 Å². The molecule has 1 N–H and O–H groups in total. The number of hydrogen-bond donors (Lipinski definition) is 1. The summed E-state index contributed by atoms with van der Waals surface area (Å²) in [5.74, 6) is -0.810. The standard InChI is InChI=1S/C19H15FINO4/c1-2-25-17-8-12(7-16(21)19(17)26-11-18(23)24)6-14(10-22)13-4-3-5-15(20)9-13/h3-9H,2,11H2,1H3,(H,23,24)/b14-6-. The summed E-state index contributed by atoms with van der Waals surface area (Å²) >= 11 is 2.01. The first-order valence-electron chi connectivity index (χ1n) is 7.63. The smallest absolute Gasteiger partial charge is 0.341 e. The second kappa shape index (κ2) is 9.20. The highest BCUT2D eigenvalue weighted by molar-refractivity contribution is 14.1. The van der Waals surface area contributed by atoms with E-state index in [1.807, 2.05) is 22.6 Å². The fourth-order valence-corrected chi connectivity index (χ4v) is 2.99. The molecule has 134 valence electrons. The monoisotopic (exact) mass is 467 g/mol. The number of benzene rings is 2. The fraction of sp³-hybridized carbons (Fsp3) is 0.158. The molecule has 7 heteroatoms. The van der Waals surface area contributed by atoms with Crippen LogP contribution in [0.1, 0.15) is 18.1 Å². The van der Waals surface area contributed by atoms with Crippen molar-refractivity contribution < 1.29 is 23.8 Å². The summed E-state index contributed by atoms with van der Waals surface area (Å²) in [7, 11) is 0. The number of rotatable bonds is 7. The van der Waals surface area contributed by atoms with E-state index in [1.54, 1.807) is 31.2 Å². The molecule has 0 amide bonds. The molecule has 0 unspecified atom stereocenters. The van der Waals surface area contributed by atoms with Crippen LogP contribution in [0.2, 0.25) is 0 Å². The van der Waals surface area contributed by atoms with E-state index >= 15 is 0 Å². The lowest BCUT2D eigenvalue weighted by Gasteiger charge is -2.13. The number of carbonyl (C=O) groups is 1. The molecule has 0 aromatic heterocycles. The quantitative estimate of drug-likeness (QED) is 0.372. The minimum absolute atomic E-state index is 0.293. The predicted octanol–water partition coefficient (Wildman–Crippen LogP) is 4.36. The van der Waals surface area contributed by atoms with Crippen LogP contribution >= 0.6 is 22.6 Å². The Morgan fingerprint density at radius 1 is 1.35 bits per heavy atom. The predicted molar refractivity (Wildman–Crippen MR) is 103 cm³/mol. The van der Waals surface area contributed by atoms with Crippen molar-refractivity contribution in [1.29, 1.82) is 5.26 Å². The van der Waals surface area contributed by atoms with Crippen LogP contribution in [0.3, 0.4) is 0 Å². The van der Waals surface area contributed by atoms with Crippen molar-refractivity contribution in [3.05, 3.63) is 56.9 Å². The van der Waals surface area contributed by atoms with Gasteiger partial charge in [-0.25, -0.2) is 9.18 Å². The Morgan fingerprint density at radius 3 is 2.73 bits per heavy atom. The maximum atomic E-state index is 13.4. The third-order valence-electron chi connectivity index (χ3n) is 3.24. The molecule has 0 aliphatic rings. The molecule has 0 saturated carbocycles. The molecule has 0 atom stereocenters. The SMILES string of the molecule is CCOc1cc(/C=C(/C#N)c2cccc(F)c2)cc(I)c1OCC(=O)O. The number of nitriles is 1. The van der Waals surface area contributed by atoms with Crippen molar-refractivity contribution in [3.8, 4) is 17.6 Å². The van der Waals surface area contributed by atoms with Crippen molar-refractivity contribution in [2.24, 2.45) is 0 Å². The van der Waals surface area contributed by atoms with Crippen LogP contribution in [0.4, 0.5) is 4.39 Å². The van der Waals surface area contributed by atoms with Crippen molar-refractivity contribution in [2.75, 3.05) is 13.2 Å². The first-order chi connectivity index (χ1) is 12.4. The molecule has 5 nitrogen and oxygen atoms in total. The first-order valence-corrected chi connectivity index (χ1v) is 8.71. The summed E-state index contributed by atoms with van der Waals surface area (Å²) in [6.07, 6.45) is 1.61. The Bertz CT molecular complexity index is 890. The van der Waals surface area contributed by atoms with Crippen LogP contribution in [0.15, 0.2) is 36.4 Å². The fourth-order valence-electron chi connectivity index (χ4n) is 2.21. The van der Waals surface area contributed by atoms with Gasteiger partial charge in [0.1, 0.15) is 5.82 Å². The van der Waals surface area contributed by atoms with Crippen molar-refractivity contribution in [2.45, 2.75) is 6.92 Å². The highest BCUT2D eigenvalue weighted by Gasteiger charge is 2.14. The molecule has 0 bridgehead atoms. The van der Waals surface area contributed by atoms with Crippen LogP contribution in [0.25, 0.3) is 11.6 Å². The average molecular weight is 467 g/mol. The summed E-state index contributed by atoms with van der Waals surface area (Å²) in [4.78, 5) is 10.7. The normalized spacial score (nSPS) is 10.9. The van der Waals surface area contributed by atoms with Gasteiger partial charge in [0, 0.05) is 0 Å². The summed E-state index contributed by atoms with van der Waals surface area (Å²) in [5.41, 5.74) is 1.41. The highest BCUT2D eigenvalue weighted by Crippen LogP contribution is 2.35. The van der Waals surface area contributed by atoms with E-state index in [1.165, 1.54) is 18.2 Å². The summed E-state index contributed by atoms with van der Waals surface area (Å²) in [6.45, 7) is 1.67. The zero-order chi connectivity index (χ0) is 19.1. The van der Waals surface area contributed by atoms with E-state index in [0.29, 0.717) is 38.4 Å². The lowest BCUT2D eigenvalue weighted by Crippen LogP contribution is -2.11. The van der Waals surface area contributed by atoms with Crippen molar-refractivity contribution >= 4 is 40.2 Å². The third-order valence-corrected chi connectivity index (χ3v) is 4.04. The molecule has 0 radical (unpaired) electrons. The van der Waals surface area contributed by atoms with Gasteiger partial charge in [-0.1, -0.05) is 12.1 Å². The molecular formula is C19H15FINO4. The maximum absolute atomic E-state index is 13.4. The summed E-state index contributed by atoms with van der Waals surface area (Å²) in [6, 6.07) is 11.2. The van der Waals surface area contributed by atoms with E-state index in [0.717, 1.165) is 0 Å². The average Bonchev–Trinajstić information content (AvgIpc) is 2.59. The molecule has 0 spiro atoms. The van der Waals surface area contributed by atoms with Crippen molar-refractivity contribution in [3.63, 3.8) is 0 Å². The molecule has 2 rings (SSSR count). The molecule has 0 heterocycles. The van der Waals surface area contributed by atoms with Gasteiger partial charge in [0.25, 0.3) is 0 Å². The third kappa shape index (κ3) is 5.20. The second-order valence-electron chi connectivity index (χ2n) is 5.13. The molecule has 0 aliphatic carbocycles. The van der Waals surface area contributed by atoms with E-state index in [2.05, 4.69) is 6.07 Å². The largest absolute Gasteiger partial charge is 0.490 e. The van der Waals surface area contributed by atoms with E-state index < -0.39 is 18.4 Å². The summed E-state index contributed by atoms with van der Waals surface area (Å²) in [5, 5.41) is 18.2. The van der Waals surface area contributed by atoms with E-state index in [-0.39, 0.29) is 0 Å². The van der Waals surface area contributed by atoms with Crippen LogP contribution in [-0.4, -0.2) is 24.3 Å². The molecule has 0 fully saturated rings. The Hall–Kier alpha value is -2.60. The van der Waals surface area contributed by atoms with Crippen LogP contribution in [0.5, 0.6) is 11.5 Å². The minimum atomic E-state index is -1.09. The molecule has 0 aliphatic heterocycles. The Morgan fingerprint density at radius 2 is 2.12 bits per heavy atom. The highest BCUT2D eigenvalue weighted by atomic mass is 127. The zero-order valence-electron chi connectivity index (χ0n) is 13.8. The van der Waals surface area contributed by atoms with Crippen LogP contribution < -0.4 is 9.47 Å². The second-order valence-corrected chi connectivity index (χ2v) is 6.29. The number of halogens is 2. The zero-order valence-corrected chi connectivity index (χ0v) is 16.0. The number of aliphatic carboxylic acids is 1. The number of ether oxygens (including phenoxy) is 2. The van der Waals surface area contributed by atoms with Gasteiger partial charge in [-0.15, -0.1) is 0 Å².